The monoisotopic (exact) mass is 245 g/mol. The normalized spacial score (nSPS) is 10.3. The number of carbonyl (C=O) groups excluding carboxylic acids is 1. The van der Waals surface area contributed by atoms with E-state index in [9.17, 15) is 4.79 Å². The van der Waals surface area contributed by atoms with E-state index in [-0.39, 0.29) is 5.91 Å². The molecule has 0 atom stereocenters. The maximum atomic E-state index is 11.8. The van der Waals surface area contributed by atoms with Crippen LogP contribution in [0.3, 0.4) is 0 Å². The van der Waals surface area contributed by atoms with E-state index >= 15 is 0 Å². The van der Waals surface area contributed by atoms with E-state index < -0.39 is 0 Å². The predicted molar refractivity (Wildman–Crippen MR) is 68.4 cm³/mol. The standard InChI is InChI=1S/C12H15N5O/c1-2-5-15-12(18)10-8-16-17(11(10)13)9-3-6-14-7-4-9/h3-4,6-8H,2,5,13H2,1H3,(H,15,18). The molecule has 0 aliphatic rings. The van der Waals surface area contributed by atoms with Crippen molar-refractivity contribution in [2.75, 3.05) is 12.3 Å². The van der Waals surface area contributed by atoms with Gasteiger partial charge in [-0.25, -0.2) is 4.68 Å². The van der Waals surface area contributed by atoms with Crippen LogP contribution in [0.2, 0.25) is 0 Å². The molecular formula is C12H15N5O. The fourth-order valence-electron chi connectivity index (χ4n) is 1.56. The molecule has 0 aliphatic heterocycles. The second-order valence-electron chi connectivity index (χ2n) is 3.82. The van der Waals surface area contributed by atoms with Gasteiger partial charge in [0.25, 0.3) is 5.91 Å². The first-order valence-electron chi connectivity index (χ1n) is 5.76. The molecule has 2 heterocycles. The Kier molecular flexibility index (Phi) is 3.57. The Morgan fingerprint density at radius 3 is 2.83 bits per heavy atom. The lowest BCUT2D eigenvalue weighted by atomic mass is 10.3. The Labute approximate surface area is 105 Å². The number of pyridine rings is 1. The topological polar surface area (TPSA) is 85.8 Å². The van der Waals surface area contributed by atoms with Gasteiger partial charge in [-0.1, -0.05) is 6.92 Å². The summed E-state index contributed by atoms with van der Waals surface area (Å²) in [5.74, 6) is 0.129. The number of rotatable bonds is 4. The summed E-state index contributed by atoms with van der Waals surface area (Å²) in [6, 6.07) is 3.55. The molecule has 0 spiro atoms. The van der Waals surface area contributed by atoms with Gasteiger partial charge in [-0.2, -0.15) is 5.10 Å². The summed E-state index contributed by atoms with van der Waals surface area (Å²) < 4.78 is 1.52. The van der Waals surface area contributed by atoms with Crippen LogP contribution >= 0.6 is 0 Å². The first-order valence-corrected chi connectivity index (χ1v) is 5.76. The third-order valence-electron chi connectivity index (χ3n) is 2.49. The van der Waals surface area contributed by atoms with Gasteiger partial charge >= 0.3 is 0 Å². The van der Waals surface area contributed by atoms with E-state index in [0.29, 0.717) is 17.9 Å². The van der Waals surface area contributed by atoms with Crippen molar-refractivity contribution in [3.63, 3.8) is 0 Å². The average molecular weight is 245 g/mol. The van der Waals surface area contributed by atoms with Gasteiger partial charge < -0.3 is 11.1 Å². The van der Waals surface area contributed by atoms with E-state index in [2.05, 4.69) is 15.4 Å². The van der Waals surface area contributed by atoms with Crippen molar-refractivity contribution in [3.05, 3.63) is 36.3 Å². The van der Waals surface area contributed by atoms with Gasteiger partial charge in [-0.05, 0) is 18.6 Å². The van der Waals surface area contributed by atoms with E-state index in [1.807, 2.05) is 6.92 Å². The van der Waals surface area contributed by atoms with Crippen LogP contribution in [-0.4, -0.2) is 27.2 Å². The molecule has 0 aliphatic carbocycles. The molecule has 94 valence electrons. The Bertz CT molecular complexity index is 535. The molecule has 6 nitrogen and oxygen atoms in total. The van der Waals surface area contributed by atoms with Crippen molar-refractivity contribution >= 4 is 11.7 Å². The van der Waals surface area contributed by atoms with Crippen LogP contribution in [-0.2, 0) is 0 Å². The lowest BCUT2D eigenvalue weighted by Crippen LogP contribution is -2.24. The highest BCUT2D eigenvalue weighted by atomic mass is 16.1. The first-order chi connectivity index (χ1) is 8.74. The summed E-state index contributed by atoms with van der Waals surface area (Å²) in [4.78, 5) is 15.7. The summed E-state index contributed by atoms with van der Waals surface area (Å²) in [5, 5.41) is 6.89. The minimum atomic E-state index is -0.199. The van der Waals surface area contributed by atoms with Gasteiger partial charge in [0.1, 0.15) is 11.4 Å². The Balaban J connectivity index is 2.27. The molecule has 0 saturated carbocycles. The number of nitrogens with zero attached hydrogens (tertiary/aromatic N) is 3. The molecule has 6 heteroatoms. The van der Waals surface area contributed by atoms with E-state index in [4.69, 9.17) is 5.73 Å². The lowest BCUT2D eigenvalue weighted by molar-refractivity contribution is 0.0954. The lowest BCUT2D eigenvalue weighted by Gasteiger charge is -2.05. The van der Waals surface area contributed by atoms with Crippen molar-refractivity contribution in [1.82, 2.24) is 20.1 Å². The number of aromatic nitrogens is 3. The summed E-state index contributed by atoms with van der Waals surface area (Å²) in [6.07, 6.45) is 5.64. The number of hydrogen-bond donors (Lipinski definition) is 2. The van der Waals surface area contributed by atoms with Gasteiger partial charge in [0.05, 0.1) is 11.9 Å². The summed E-state index contributed by atoms with van der Waals surface area (Å²) >= 11 is 0. The van der Waals surface area contributed by atoms with Gasteiger partial charge in [-0.3, -0.25) is 9.78 Å². The van der Waals surface area contributed by atoms with Crippen LogP contribution < -0.4 is 11.1 Å². The number of hydrogen-bond acceptors (Lipinski definition) is 4. The van der Waals surface area contributed by atoms with Crippen molar-refractivity contribution in [1.29, 1.82) is 0 Å². The molecule has 0 bridgehead atoms. The minimum absolute atomic E-state index is 0.199. The molecule has 0 unspecified atom stereocenters. The maximum absolute atomic E-state index is 11.8. The number of nitrogen functional groups attached to an aromatic ring is 1. The number of nitrogens with two attached hydrogens (primary N) is 1. The maximum Gasteiger partial charge on any atom is 0.256 e. The highest BCUT2D eigenvalue weighted by molar-refractivity contribution is 5.98. The van der Waals surface area contributed by atoms with Crippen LogP contribution in [0.15, 0.2) is 30.7 Å². The number of anilines is 1. The third kappa shape index (κ3) is 2.32. The van der Waals surface area contributed by atoms with Gasteiger partial charge in [0.2, 0.25) is 0 Å². The second kappa shape index (κ2) is 5.31. The smallest absolute Gasteiger partial charge is 0.256 e. The first kappa shape index (κ1) is 12.1. The molecule has 0 saturated heterocycles. The van der Waals surface area contributed by atoms with E-state index in [0.717, 1.165) is 12.1 Å². The predicted octanol–water partition coefficient (Wildman–Crippen LogP) is 0.989. The van der Waals surface area contributed by atoms with Crippen LogP contribution in [0.4, 0.5) is 5.82 Å². The van der Waals surface area contributed by atoms with Crippen LogP contribution in [0.1, 0.15) is 23.7 Å². The number of carbonyl (C=O) groups is 1. The van der Waals surface area contributed by atoms with Crippen molar-refractivity contribution in [3.8, 4) is 5.69 Å². The van der Waals surface area contributed by atoms with Crippen molar-refractivity contribution in [2.24, 2.45) is 0 Å². The van der Waals surface area contributed by atoms with E-state index in [1.54, 1.807) is 24.5 Å². The summed E-state index contributed by atoms with van der Waals surface area (Å²) in [5.41, 5.74) is 7.09. The van der Waals surface area contributed by atoms with Crippen LogP contribution in [0.25, 0.3) is 5.69 Å². The molecule has 2 rings (SSSR count). The Morgan fingerprint density at radius 2 is 2.17 bits per heavy atom. The van der Waals surface area contributed by atoms with Gasteiger partial charge in [0.15, 0.2) is 0 Å². The summed E-state index contributed by atoms with van der Waals surface area (Å²) in [6.45, 7) is 2.61. The summed E-state index contributed by atoms with van der Waals surface area (Å²) in [7, 11) is 0. The van der Waals surface area contributed by atoms with Gasteiger partial charge in [-0.15, -0.1) is 0 Å². The van der Waals surface area contributed by atoms with Crippen molar-refractivity contribution in [2.45, 2.75) is 13.3 Å². The quantitative estimate of drug-likeness (QED) is 0.841. The average Bonchev–Trinajstić information content (AvgIpc) is 2.79. The highest BCUT2D eigenvalue weighted by Crippen LogP contribution is 2.16. The van der Waals surface area contributed by atoms with E-state index in [1.165, 1.54) is 10.9 Å². The Morgan fingerprint density at radius 1 is 1.44 bits per heavy atom. The van der Waals surface area contributed by atoms with Crippen LogP contribution in [0.5, 0.6) is 0 Å². The largest absolute Gasteiger partial charge is 0.383 e. The zero-order valence-electron chi connectivity index (χ0n) is 10.1. The molecule has 0 aromatic carbocycles. The molecular weight excluding hydrogens is 230 g/mol. The molecule has 3 N–H and O–H groups in total. The molecule has 18 heavy (non-hydrogen) atoms. The fraction of sp³-hybridized carbons (Fsp3) is 0.250. The zero-order chi connectivity index (χ0) is 13.0. The number of amides is 1. The number of nitrogens with one attached hydrogen (secondary N) is 1. The third-order valence-corrected chi connectivity index (χ3v) is 2.49. The fourth-order valence-corrected chi connectivity index (χ4v) is 1.56. The second-order valence-corrected chi connectivity index (χ2v) is 3.82. The molecule has 2 aromatic heterocycles. The van der Waals surface area contributed by atoms with Crippen LogP contribution in [0, 0.1) is 0 Å². The highest BCUT2D eigenvalue weighted by Gasteiger charge is 2.15. The van der Waals surface area contributed by atoms with Crippen molar-refractivity contribution < 1.29 is 4.79 Å². The molecule has 0 radical (unpaired) electrons. The Hall–Kier alpha value is -2.37. The minimum Gasteiger partial charge on any atom is -0.383 e. The zero-order valence-corrected chi connectivity index (χ0v) is 10.1. The van der Waals surface area contributed by atoms with Gasteiger partial charge in [0, 0.05) is 18.9 Å². The molecule has 0 fully saturated rings. The molecule has 2 aromatic rings. The molecule has 1 amide bonds. The SMILES string of the molecule is CCCNC(=O)c1cnn(-c2ccncc2)c1N.